The van der Waals surface area contributed by atoms with Crippen molar-refractivity contribution in [2.45, 2.75) is 12.5 Å². The van der Waals surface area contributed by atoms with Gasteiger partial charge in [-0.1, -0.05) is 84.0 Å². The molecule has 3 heterocycles. The number of rotatable bonds is 6. The molecule has 1 aliphatic heterocycles. The Bertz CT molecular complexity index is 1830. The molecule has 0 saturated heterocycles. The number of methoxy groups -OCH3 is 1. The van der Waals surface area contributed by atoms with E-state index in [0.717, 1.165) is 44.5 Å². The van der Waals surface area contributed by atoms with Crippen LogP contribution in [0.4, 0.5) is 0 Å². The van der Waals surface area contributed by atoms with E-state index in [1.54, 1.807) is 24.2 Å². The van der Waals surface area contributed by atoms with Gasteiger partial charge in [0.05, 0.1) is 18.9 Å². The van der Waals surface area contributed by atoms with Crippen molar-refractivity contribution in [2.75, 3.05) is 7.11 Å². The maximum absolute atomic E-state index is 6.48. The van der Waals surface area contributed by atoms with Crippen LogP contribution in [0.5, 0.6) is 17.4 Å². The summed E-state index contributed by atoms with van der Waals surface area (Å²) in [6.45, 7) is 0.120. The maximum atomic E-state index is 6.48. The van der Waals surface area contributed by atoms with E-state index in [2.05, 4.69) is 51.6 Å². The third-order valence-corrected chi connectivity index (χ3v) is 6.86. The van der Waals surface area contributed by atoms with Gasteiger partial charge in [-0.15, -0.1) is 5.10 Å². The second-order valence-corrected chi connectivity index (χ2v) is 9.19. The first-order chi connectivity index (χ1) is 19.3. The smallest absolute Gasteiger partial charge is 0.228 e. The molecule has 4 aromatic carbocycles. The predicted octanol–water partition coefficient (Wildman–Crippen LogP) is 6.12. The van der Waals surface area contributed by atoms with Crippen LogP contribution in [0.25, 0.3) is 16.4 Å². The Hall–Kier alpha value is -5.24. The van der Waals surface area contributed by atoms with Gasteiger partial charge < -0.3 is 14.3 Å². The molecule has 0 amide bonds. The second kappa shape index (κ2) is 9.57. The maximum Gasteiger partial charge on any atom is 0.228 e. The van der Waals surface area contributed by atoms with Crippen LogP contribution in [0.3, 0.4) is 0 Å². The van der Waals surface area contributed by atoms with E-state index in [1.807, 2.05) is 54.6 Å². The zero-order valence-corrected chi connectivity index (χ0v) is 21.1. The Kier molecular flexibility index (Phi) is 5.62. The Morgan fingerprint density at radius 2 is 1.77 bits per heavy atom. The SMILES string of the molecule is COc1ccc(C2c3ccc4ccccc4c3Oc3ncn4nc(CON=Cc5ccccc5)nc4c32)cc1. The molecule has 8 heteroatoms. The van der Waals surface area contributed by atoms with Crippen LogP contribution in [-0.4, -0.2) is 32.9 Å². The van der Waals surface area contributed by atoms with Crippen LogP contribution < -0.4 is 9.47 Å². The molecule has 0 aliphatic carbocycles. The van der Waals surface area contributed by atoms with Crippen LogP contribution in [0.15, 0.2) is 102 Å². The lowest BCUT2D eigenvalue weighted by Gasteiger charge is -2.28. The summed E-state index contributed by atoms with van der Waals surface area (Å²) >= 11 is 0. The topological polar surface area (TPSA) is 83.1 Å². The van der Waals surface area contributed by atoms with E-state index in [-0.39, 0.29) is 12.5 Å². The summed E-state index contributed by atoms with van der Waals surface area (Å²) in [5, 5.41) is 10.8. The average molecular weight is 514 g/mol. The number of benzene rings is 4. The molecule has 0 bridgehead atoms. The molecule has 1 atom stereocenters. The molecule has 2 aromatic heterocycles. The molecule has 190 valence electrons. The Morgan fingerprint density at radius 3 is 2.62 bits per heavy atom. The predicted molar refractivity (Wildman–Crippen MR) is 148 cm³/mol. The summed E-state index contributed by atoms with van der Waals surface area (Å²) in [5.74, 6) is 2.42. The molecule has 0 radical (unpaired) electrons. The summed E-state index contributed by atoms with van der Waals surface area (Å²) in [6.07, 6.45) is 3.28. The molecule has 0 spiro atoms. The highest BCUT2D eigenvalue weighted by molar-refractivity contribution is 5.91. The van der Waals surface area contributed by atoms with E-state index in [4.69, 9.17) is 19.3 Å². The largest absolute Gasteiger partial charge is 0.497 e. The highest BCUT2D eigenvalue weighted by Crippen LogP contribution is 2.50. The van der Waals surface area contributed by atoms with Gasteiger partial charge in [-0.2, -0.15) is 0 Å². The highest BCUT2D eigenvalue weighted by Gasteiger charge is 2.34. The van der Waals surface area contributed by atoms with E-state index < -0.39 is 0 Å². The first-order valence-electron chi connectivity index (χ1n) is 12.6. The molecule has 6 aromatic rings. The average Bonchev–Trinajstić information content (AvgIpc) is 3.42. The number of hydrogen-bond donors (Lipinski definition) is 0. The van der Waals surface area contributed by atoms with E-state index in [0.29, 0.717) is 17.4 Å². The molecule has 1 aliphatic rings. The molecule has 0 saturated carbocycles. The monoisotopic (exact) mass is 513 g/mol. The van der Waals surface area contributed by atoms with Crippen molar-refractivity contribution < 1.29 is 14.3 Å². The molecular formula is C31H23N5O3. The fourth-order valence-electron chi connectivity index (χ4n) is 5.03. The summed E-state index contributed by atoms with van der Waals surface area (Å²) < 4.78 is 13.6. The van der Waals surface area contributed by atoms with Crippen LogP contribution in [0.1, 0.15) is 34.0 Å². The Balaban J connectivity index is 1.31. The Morgan fingerprint density at radius 1 is 0.949 bits per heavy atom. The fourth-order valence-corrected chi connectivity index (χ4v) is 5.03. The van der Waals surface area contributed by atoms with Crippen molar-refractivity contribution in [2.24, 2.45) is 5.16 Å². The normalized spacial score (nSPS) is 14.2. The summed E-state index contributed by atoms with van der Waals surface area (Å²) in [6, 6.07) is 30.3. The van der Waals surface area contributed by atoms with Gasteiger partial charge >= 0.3 is 0 Å². The summed E-state index contributed by atoms with van der Waals surface area (Å²) in [4.78, 5) is 15.0. The molecule has 0 N–H and O–H groups in total. The van der Waals surface area contributed by atoms with Gasteiger partial charge in [-0.3, -0.25) is 0 Å². The van der Waals surface area contributed by atoms with Gasteiger partial charge in [0.25, 0.3) is 0 Å². The molecular weight excluding hydrogens is 490 g/mol. The lowest BCUT2D eigenvalue weighted by molar-refractivity contribution is 0.126. The number of hydrogen-bond acceptors (Lipinski definition) is 7. The van der Waals surface area contributed by atoms with Gasteiger partial charge in [-0.25, -0.2) is 14.5 Å². The highest BCUT2D eigenvalue weighted by atomic mass is 16.6. The van der Waals surface area contributed by atoms with Gasteiger partial charge in [0.15, 0.2) is 18.1 Å². The second-order valence-electron chi connectivity index (χ2n) is 9.19. The molecule has 7 rings (SSSR count). The number of ether oxygens (including phenoxy) is 2. The van der Waals surface area contributed by atoms with Gasteiger partial charge in [0, 0.05) is 16.9 Å². The quantitative estimate of drug-likeness (QED) is 0.197. The minimum atomic E-state index is -0.176. The van der Waals surface area contributed by atoms with Crippen LogP contribution >= 0.6 is 0 Å². The first-order valence-corrected chi connectivity index (χ1v) is 12.6. The zero-order chi connectivity index (χ0) is 26.2. The lowest BCUT2D eigenvalue weighted by atomic mass is 9.83. The van der Waals surface area contributed by atoms with Crippen molar-refractivity contribution >= 4 is 22.6 Å². The van der Waals surface area contributed by atoms with Crippen molar-refractivity contribution in [3.63, 3.8) is 0 Å². The van der Waals surface area contributed by atoms with Crippen molar-refractivity contribution in [1.82, 2.24) is 19.6 Å². The van der Waals surface area contributed by atoms with Crippen molar-refractivity contribution in [1.29, 1.82) is 0 Å². The third-order valence-electron chi connectivity index (χ3n) is 6.86. The number of fused-ring (bicyclic) bond motifs is 6. The number of oxime groups is 1. The van der Waals surface area contributed by atoms with Crippen molar-refractivity contribution in [3.05, 3.63) is 125 Å². The first kappa shape index (κ1) is 22.9. The fraction of sp³-hybridized carbons (Fsp3) is 0.0968. The summed E-state index contributed by atoms with van der Waals surface area (Å²) in [7, 11) is 1.66. The van der Waals surface area contributed by atoms with E-state index in [9.17, 15) is 0 Å². The summed E-state index contributed by atoms with van der Waals surface area (Å²) in [5.41, 5.74) is 4.56. The Labute approximate surface area is 224 Å². The van der Waals surface area contributed by atoms with Gasteiger partial charge in [-0.05, 0) is 28.6 Å². The molecule has 1 unspecified atom stereocenters. The minimum absolute atomic E-state index is 0.120. The number of nitrogens with zero attached hydrogens (tertiary/aromatic N) is 5. The zero-order valence-electron chi connectivity index (χ0n) is 21.1. The van der Waals surface area contributed by atoms with Gasteiger partial charge in [0.2, 0.25) is 5.88 Å². The molecule has 0 fully saturated rings. The van der Waals surface area contributed by atoms with Crippen LogP contribution in [-0.2, 0) is 11.4 Å². The van der Waals surface area contributed by atoms with E-state index in [1.165, 1.54) is 0 Å². The van der Waals surface area contributed by atoms with Crippen LogP contribution in [0, 0.1) is 0 Å². The molecule has 39 heavy (non-hydrogen) atoms. The van der Waals surface area contributed by atoms with Crippen molar-refractivity contribution in [3.8, 4) is 17.4 Å². The minimum Gasteiger partial charge on any atom is -0.497 e. The van der Waals surface area contributed by atoms with E-state index >= 15 is 0 Å². The van der Waals surface area contributed by atoms with Crippen LogP contribution in [0.2, 0.25) is 0 Å². The standard InChI is InChI=1S/C31H23N5O3/c1-37-23-14-11-22(12-15-23)27-25-16-13-21-9-5-6-10-24(21)29(25)39-31-28(27)30-34-26(35-36(30)19-32-31)18-38-33-17-20-7-3-2-4-8-20/h2-17,19,27H,18H2,1H3. The lowest BCUT2D eigenvalue weighted by Crippen LogP contribution is -2.15. The third kappa shape index (κ3) is 4.12. The van der Waals surface area contributed by atoms with Gasteiger partial charge in [0.1, 0.15) is 17.8 Å². The molecule has 8 nitrogen and oxygen atoms in total. The number of aromatic nitrogens is 4.